The molecule has 0 saturated carbocycles. The van der Waals surface area contributed by atoms with Gasteiger partial charge in [0.15, 0.2) is 0 Å². The molecule has 17 heavy (non-hydrogen) atoms. The topological polar surface area (TPSA) is 64.4 Å². The molecule has 0 bridgehead atoms. The maximum atomic E-state index is 11.5. The predicted molar refractivity (Wildman–Crippen MR) is 65.7 cm³/mol. The van der Waals surface area contributed by atoms with E-state index in [1.165, 1.54) is 0 Å². The summed E-state index contributed by atoms with van der Waals surface area (Å²) < 4.78 is 5.60. The highest BCUT2D eigenvalue weighted by molar-refractivity contribution is 5.85. The van der Waals surface area contributed by atoms with Gasteiger partial charge in [-0.25, -0.2) is 0 Å². The Morgan fingerprint density at radius 2 is 2.18 bits per heavy atom. The van der Waals surface area contributed by atoms with Crippen molar-refractivity contribution in [3.05, 3.63) is 30.3 Å². The molecule has 4 nitrogen and oxygen atoms in total. The van der Waals surface area contributed by atoms with Gasteiger partial charge in [-0.2, -0.15) is 0 Å². The van der Waals surface area contributed by atoms with E-state index in [1.807, 2.05) is 30.3 Å². The van der Waals surface area contributed by atoms with Crippen LogP contribution in [0.25, 0.3) is 0 Å². The lowest BCUT2D eigenvalue weighted by Gasteiger charge is -2.25. The van der Waals surface area contributed by atoms with Crippen molar-refractivity contribution in [3.8, 4) is 5.75 Å². The molecular weight excluding hydrogens is 216 g/mol. The van der Waals surface area contributed by atoms with Crippen LogP contribution in [0, 0.1) is 0 Å². The summed E-state index contributed by atoms with van der Waals surface area (Å²) in [5.41, 5.74) is 4.89. The molecule has 1 unspecified atom stereocenters. The van der Waals surface area contributed by atoms with Gasteiger partial charge in [0.2, 0.25) is 5.91 Å². The number of hydrogen-bond acceptors (Lipinski definition) is 3. The minimum absolute atomic E-state index is 0.272. The molecule has 0 aromatic heterocycles. The van der Waals surface area contributed by atoms with E-state index in [2.05, 4.69) is 5.32 Å². The third kappa shape index (κ3) is 2.77. The zero-order chi connectivity index (χ0) is 12.1. The van der Waals surface area contributed by atoms with E-state index >= 15 is 0 Å². The number of nitrogens with two attached hydrogens (primary N) is 1. The summed E-state index contributed by atoms with van der Waals surface area (Å²) in [6.07, 6.45) is 2.42. The summed E-state index contributed by atoms with van der Waals surface area (Å²) in [4.78, 5) is 11.5. The highest BCUT2D eigenvalue weighted by Gasteiger charge is 2.38. The standard InChI is InChI=1S/C13H18N2O2/c14-12(16)13(7-4-9-15-13)8-10-17-11-5-2-1-3-6-11/h1-3,5-6,15H,4,7-10H2,(H2,14,16). The second kappa shape index (κ2) is 5.19. The highest BCUT2D eigenvalue weighted by atomic mass is 16.5. The summed E-state index contributed by atoms with van der Waals surface area (Å²) in [5, 5.41) is 3.20. The molecule has 92 valence electrons. The van der Waals surface area contributed by atoms with Gasteiger partial charge in [-0.3, -0.25) is 4.79 Å². The van der Waals surface area contributed by atoms with Gasteiger partial charge < -0.3 is 15.8 Å². The Kier molecular flexibility index (Phi) is 3.64. The van der Waals surface area contributed by atoms with Crippen molar-refractivity contribution >= 4 is 5.91 Å². The van der Waals surface area contributed by atoms with Crippen molar-refractivity contribution in [2.24, 2.45) is 5.73 Å². The van der Waals surface area contributed by atoms with E-state index in [0.717, 1.165) is 25.1 Å². The van der Waals surface area contributed by atoms with Crippen LogP contribution in [0.3, 0.4) is 0 Å². The van der Waals surface area contributed by atoms with Gasteiger partial charge in [-0.05, 0) is 31.5 Å². The molecule has 3 N–H and O–H groups in total. The molecule has 1 amide bonds. The highest BCUT2D eigenvalue weighted by Crippen LogP contribution is 2.23. The molecule has 0 spiro atoms. The number of benzene rings is 1. The van der Waals surface area contributed by atoms with Gasteiger partial charge in [0.25, 0.3) is 0 Å². The average Bonchev–Trinajstić information content (AvgIpc) is 2.80. The first-order chi connectivity index (χ1) is 8.23. The summed E-state index contributed by atoms with van der Waals surface area (Å²) >= 11 is 0. The number of para-hydroxylation sites is 1. The number of amides is 1. The lowest BCUT2D eigenvalue weighted by Crippen LogP contribution is -2.52. The largest absolute Gasteiger partial charge is 0.494 e. The minimum Gasteiger partial charge on any atom is -0.494 e. The fourth-order valence-electron chi connectivity index (χ4n) is 2.21. The molecule has 4 heteroatoms. The van der Waals surface area contributed by atoms with Gasteiger partial charge in [0.05, 0.1) is 6.61 Å². The van der Waals surface area contributed by atoms with Gasteiger partial charge in [0, 0.05) is 6.42 Å². The van der Waals surface area contributed by atoms with Gasteiger partial charge >= 0.3 is 0 Å². The maximum absolute atomic E-state index is 11.5. The quantitative estimate of drug-likeness (QED) is 0.800. The number of nitrogens with one attached hydrogen (secondary N) is 1. The molecule has 1 atom stereocenters. The first-order valence-corrected chi connectivity index (χ1v) is 5.96. The van der Waals surface area contributed by atoms with Gasteiger partial charge in [-0.1, -0.05) is 18.2 Å². The van der Waals surface area contributed by atoms with Crippen molar-refractivity contribution in [2.45, 2.75) is 24.8 Å². The second-order valence-corrected chi connectivity index (χ2v) is 4.39. The Bertz CT molecular complexity index is 372. The van der Waals surface area contributed by atoms with Crippen LogP contribution in [-0.4, -0.2) is 24.6 Å². The number of primary amides is 1. The van der Waals surface area contributed by atoms with Gasteiger partial charge in [-0.15, -0.1) is 0 Å². The molecule has 1 aliphatic heterocycles. The fraction of sp³-hybridized carbons (Fsp3) is 0.462. The summed E-state index contributed by atoms with van der Waals surface area (Å²) in [5.74, 6) is 0.553. The maximum Gasteiger partial charge on any atom is 0.237 e. The SMILES string of the molecule is NC(=O)C1(CCOc2ccccc2)CCCN1. The molecule has 1 heterocycles. The van der Waals surface area contributed by atoms with Crippen LogP contribution in [0.2, 0.25) is 0 Å². The van der Waals surface area contributed by atoms with E-state index in [1.54, 1.807) is 0 Å². The van der Waals surface area contributed by atoms with E-state index in [0.29, 0.717) is 13.0 Å². The third-order valence-corrected chi connectivity index (χ3v) is 3.26. The smallest absolute Gasteiger partial charge is 0.237 e. The molecule has 1 aromatic rings. The van der Waals surface area contributed by atoms with Crippen LogP contribution in [0.5, 0.6) is 5.75 Å². The monoisotopic (exact) mass is 234 g/mol. The average molecular weight is 234 g/mol. The third-order valence-electron chi connectivity index (χ3n) is 3.26. The van der Waals surface area contributed by atoms with Crippen LogP contribution in [-0.2, 0) is 4.79 Å². The Labute approximate surface area is 101 Å². The zero-order valence-electron chi connectivity index (χ0n) is 9.82. The molecule has 1 aliphatic rings. The molecule has 2 rings (SSSR count). The van der Waals surface area contributed by atoms with Crippen molar-refractivity contribution < 1.29 is 9.53 Å². The number of carbonyl (C=O) groups excluding carboxylic acids is 1. The normalized spacial score (nSPS) is 23.5. The van der Waals surface area contributed by atoms with E-state index in [9.17, 15) is 4.79 Å². The molecule has 1 aromatic carbocycles. The fourth-order valence-corrected chi connectivity index (χ4v) is 2.21. The van der Waals surface area contributed by atoms with Crippen LogP contribution in [0.15, 0.2) is 30.3 Å². The Balaban J connectivity index is 1.87. The number of carbonyl (C=O) groups is 1. The van der Waals surface area contributed by atoms with E-state index in [4.69, 9.17) is 10.5 Å². The zero-order valence-corrected chi connectivity index (χ0v) is 9.82. The van der Waals surface area contributed by atoms with Crippen molar-refractivity contribution in [1.82, 2.24) is 5.32 Å². The molecule has 1 saturated heterocycles. The van der Waals surface area contributed by atoms with Crippen LogP contribution in [0.1, 0.15) is 19.3 Å². The Morgan fingerprint density at radius 3 is 2.76 bits per heavy atom. The van der Waals surface area contributed by atoms with Crippen LogP contribution >= 0.6 is 0 Å². The number of hydrogen-bond donors (Lipinski definition) is 2. The molecular formula is C13H18N2O2. The second-order valence-electron chi connectivity index (χ2n) is 4.39. The number of ether oxygens (including phenoxy) is 1. The van der Waals surface area contributed by atoms with E-state index in [-0.39, 0.29) is 5.91 Å². The Hall–Kier alpha value is -1.55. The van der Waals surface area contributed by atoms with Crippen molar-refractivity contribution in [3.63, 3.8) is 0 Å². The first-order valence-electron chi connectivity index (χ1n) is 5.96. The summed E-state index contributed by atoms with van der Waals surface area (Å²) in [7, 11) is 0. The lowest BCUT2D eigenvalue weighted by atomic mass is 9.93. The van der Waals surface area contributed by atoms with Crippen LogP contribution in [0.4, 0.5) is 0 Å². The van der Waals surface area contributed by atoms with Gasteiger partial charge in [0.1, 0.15) is 11.3 Å². The minimum atomic E-state index is -0.561. The Morgan fingerprint density at radius 1 is 1.41 bits per heavy atom. The first kappa shape index (κ1) is 11.9. The van der Waals surface area contributed by atoms with Crippen molar-refractivity contribution in [1.29, 1.82) is 0 Å². The van der Waals surface area contributed by atoms with Crippen LogP contribution < -0.4 is 15.8 Å². The summed E-state index contributed by atoms with van der Waals surface area (Å²) in [6.45, 7) is 1.36. The molecule has 1 fully saturated rings. The number of rotatable bonds is 5. The van der Waals surface area contributed by atoms with Crippen molar-refractivity contribution in [2.75, 3.05) is 13.2 Å². The predicted octanol–water partition coefficient (Wildman–Crippen LogP) is 1.06. The molecule has 0 aliphatic carbocycles. The van der Waals surface area contributed by atoms with E-state index < -0.39 is 5.54 Å². The molecule has 0 radical (unpaired) electrons. The summed E-state index contributed by atoms with van der Waals surface area (Å²) in [6, 6.07) is 9.59. The lowest BCUT2D eigenvalue weighted by molar-refractivity contribution is -0.124.